The number of hydrogen-bond donors (Lipinski definition) is 1. The molecule has 2 aliphatic rings. The summed E-state index contributed by atoms with van der Waals surface area (Å²) in [6, 6.07) is 9.89. The molecule has 1 aliphatic carbocycles. The molecule has 0 amide bonds. The molecule has 0 bridgehead atoms. The van der Waals surface area contributed by atoms with E-state index in [1.807, 2.05) is 41.9 Å². The molecule has 2 aromatic rings. The van der Waals surface area contributed by atoms with Crippen molar-refractivity contribution in [1.29, 1.82) is 0 Å². The summed E-state index contributed by atoms with van der Waals surface area (Å²) in [5.74, 6) is 1.43. The van der Waals surface area contributed by atoms with Gasteiger partial charge in [-0.3, -0.25) is 8.89 Å². The molecule has 4 rings (SSSR count). The van der Waals surface area contributed by atoms with Crippen molar-refractivity contribution in [2.75, 3.05) is 5.75 Å². The molecule has 0 saturated heterocycles. The van der Waals surface area contributed by atoms with Gasteiger partial charge in [0.1, 0.15) is 0 Å². The molecule has 1 aromatic heterocycles. The number of rotatable bonds is 7. The highest BCUT2D eigenvalue weighted by atomic mass is 32.2. The van der Waals surface area contributed by atoms with Crippen LogP contribution in [0.2, 0.25) is 0 Å². The van der Waals surface area contributed by atoms with Gasteiger partial charge in [0.25, 0.3) is 0 Å². The van der Waals surface area contributed by atoms with E-state index in [1.54, 1.807) is 6.08 Å². The van der Waals surface area contributed by atoms with E-state index >= 15 is 0 Å². The van der Waals surface area contributed by atoms with Crippen molar-refractivity contribution >= 4 is 26.9 Å². The summed E-state index contributed by atoms with van der Waals surface area (Å²) in [7, 11) is -4.52. The van der Waals surface area contributed by atoms with Crippen molar-refractivity contribution in [2.45, 2.75) is 63.8 Å². The first-order chi connectivity index (χ1) is 14.9. The molecule has 0 spiro atoms. The quantitative estimate of drug-likeness (QED) is 0.683. The molecule has 1 N–H and O–H groups in total. The Bertz CT molecular complexity index is 1060. The summed E-state index contributed by atoms with van der Waals surface area (Å²) in [6.07, 6.45) is 8.05. The third kappa shape index (κ3) is 5.73. The van der Waals surface area contributed by atoms with Gasteiger partial charge in [-0.2, -0.15) is 5.10 Å². The average molecular weight is 462 g/mol. The third-order valence-electron chi connectivity index (χ3n) is 6.34. The first-order valence-electron chi connectivity index (χ1n) is 11.1. The molecule has 2 atom stereocenters. The third-order valence-corrected chi connectivity index (χ3v) is 8.80. The maximum atomic E-state index is 12.8. The Kier molecular flexibility index (Phi) is 7.08. The Labute approximate surface area is 187 Å². The number of fused-ring (bicyclic) bond motifs is 1. The Morgan fingerprint density at radius 1 is 1.23 bits per heavy atom. The standard InChI is InChI=1S/C23H31N3O3S2/c1-18(20-10-6-3-7-11-20)25-31(28,29)15-13-23-21-17-30(27)14-12-22(21)24-26(23)16-19-8-4-2-5-9-19/h2,4-5,8-9,13,15,18,20,25H,3,6-7,10-12,14,16-17H2,1H3. The second kappa shape index (κ2) is 9.79. The van der Waals surface area contributed by atoms with E-state index in [0.29, 0.717) is 30.4 Å². The minimum atomic E-state index is -3.58. The van der Waals surface area contributed by atoms with Crippen molar-refractivity contribution in [3.8, 4) is 0 Å². The van der Waals surface area contributed by atoms with Crippen LogP contribution in [-0.2, 0) is 39.5 Å². The molecule has 1 aliphatic heterocycles. The fraction of sp³-hybridized carbons (Fsp3) is 0.522. The van der Waals surface area contributed by atoms with E-state index in [4.69, 9.17) is 5.10 Å². The Hall–Kier alpha value is -1.77. The molecule has 0 radical (unpaired) electrons. The smallest absolute Gasteiger partial charge is 0.234 e. The van der Waals surface area contributed by atoms with Gasteiger partial charge in [-0.25, -0.2) is 13.1 Å². The second-order valence-electron chi connectivity index (χ2n) is 8.64. The summed E-state index contributed by atoms with van der Waals surface area (Å²) in [5, 5.41) is 5.98. The SMILES string of the molecule is CC(NS(=O)(=O)C=Cc1c2c(nn1Cc1ccccc1)CCS(=O)C2)C1CCCCC1. The van der Waals surface area contributed by atoms with Gasteiger partial charge < -0.3 is 0 Å². The van der Waals surface area contributed by atoms with Gasteiger partial charge in [-0.15, -0.1) is 0 Å². The lowest BCUT2D eigenvalue weighted by atomic mass is 9.85. The first-order valence-corrected chi connectivity index (χ1v) is 14.1. The number of nitrogens with zero attached hydrogens (tertiary/aromatic N) is 2. The number of benzene rings is 1. The van der Waals surface area contributed by atoms with Crippen LogP contribution in [0.3, 0.4) is 0 Å². The van der Waals surface area contributed by atoms with Crippen LogP contribution in [0, 0.1) is 5.92 Å². The monoisotopic (exact) mass is 461 g/mol. The Morgan fingerprint density at radius 2 is 1.97 bits per heavy atom. The lowest BCUT2D eigenvalue weighted by Crippen LogP contribution is -2.37. The minimum absolute atomic E-state index is 0.0781. The van der Waals surface area contributed by atoms with Crippen molar-refractivity contribution in [3.63, 3.8) is 0 Å². The summed E-state index contributed by atoms with van der Waals surface area (Å²) in [6.45, 7) is 2.51. The van der Waals surface area contributed by atoms with Gasteiger partial charge in [0.05, 0.1) is 23.7 Å². The fourth-order valence-electron chi connectivity index (χ4n) is 4.61. The average Bonchev–Trinajstić information content (AvgIpc) is 3.09. The van der Waals surface area contributed by atoms with E-state index in [1.165, 1.54) is 24.7 Å². The molecule has 2 unspecified atom stereocenters. The zero-order valence-corrected chi connectivity index (χ0v) is 19.6. The topological polar surface area (TPSA) is 81.1 Å². The van der Waals surface area contributed by atoms with E-state index < -0.39 is 20.8 Å². The number of aryl methyl sites for hydroxylation is 1. The van der Waals surface area contributed by atoms with Crippen molar-refractivity contribution < 1.29 is 12.6 Å². The Balaban J connectivity index is 1.57. The normalized spacial score (nSPS) is 21.3. The number of nitrogens with one attached hydrogen (secondary N) is 1. The van der Waals surface area contributed by atoms with Crippen LogP contribution < -0.4 is 4.72 Å². The molecule has 1 aromatic carbocycles. The number of aromatic nitrogens is 2. The van der Waals surface area contributed by atoms with Gasteiger partial charge in [0, 0.05) is 40.0 Å². The van der Waals surface area contributed by atoms with Crippen LogP contribution in [0.15, 0.2) is 35.7 Å². The zero-order valence-electron chi connectivity index (χ0n) is 18.0. The van der Waals surface area contributed by atoms with E-state index in [2.05, 4.69) is 4.72 Å². The molecular weight excluding hydrogens is 430 g/mol. The molecule has 8 heteroatoms. The zero-order chi connectivity index (χ0) is 21.8. The number of hydrogen-bond acceptors (Lipinski definition) is 4. The largest absolute Gasteiger partial charge is 0.260 e. The summed E-state index contributed by atoms with van der Waals surface area (Å²) in [5.41, 5.74) is 3.66. The fourth-order valence-corrected chi connectivity index (χ4v) is 6.91. The van der Waals surface area contributed by atoms with Crippen LogP contribution in [0.1, 0.15) is 61.5 Å². The summed E-state index contributed by atoms with van der Waals surface area (Å²) >= 11 is 0. The van der Waals surface area contributed by atoms with Gasteiger partial charge in [-0.05, 0) is 37.3 Å². The second-order valence-corrected chi connectivity index (χ2v) is 11.8. The molecular formula is C23H31N3O3S2. The maximum absolute atomic E-state index is 12.8. The predicted octanol–water partition coefficient (Wildman–Crippen LogP) is 3.60. The van der Waals surface area contributed by atoms with Crippen molar-refractivity contribution in [2.24, 2.45) is 5.92 Å². The molecule has 31 heavy (non-hydrogen) atoms. The maximum Gasteiger partial charge on any atom is 0.234 e. The van der Waals surface area contributed by atoms with Crippen molar-refractivity contribution in [1.82, 2.24) is 14.5 Å². The molecule has 1 fully saturated rings. The van der Waals surface area contributed by atoms with Crippen LogP contribution in [0.25, 0.3) is 6.08 Å². The number of sulfonamides is 1. The van der Waals surface area contributed by atoms with Crippen LogP contribution >= 0.6 is 0 Å². The Morgan fingerprint density at radius 3 is 2.71 bits per heavy atom. The van der Waals surface area contributed by atoms with Gasteiger partial charge >= 0.3 is 0 Å². The first kappa shape index (κ1) is 22.4. The minimum Gasteiger partial charge on any atom is -0.260 e. The van der Waals surface area contributed by atoms with Crippen LogP contribution in [-0.4, -0.2) is 34.2 Å². The van der Waals surface area contributed by atoms with Gasteiger partial charge in [0.2, 0.25) is 10.0 Å². The van der Waals surface area contributed by atoms with E-state index in [-0.39, 0.29) is 6.04 Å². The molecule has 6 nitrogen and oxygen atoms in total. The van der Waals surface area contributed by atoms with E-state index in [9.17, 15) is 12.6 Å². The highest BCUT2D eigenvalue weighted by molar-refractivity contribution is 7.92. The van der Waals surface area contributed by atoms with Crippen LogP contribution in [0.5, 0.6) is 0 Å². The van der Waals surface area contributed by atoms with E-state index in [0.717, 1.165) is 35.4 Å². The van der Waals surface area contributed by atoms with Crippen LogP contribution in [0.4, 0.5) is 0 Å². The predicted molar refractivity (Wildman–Crippen MR) is 125 cm³/mol. The highest BCUT2D eigenvalue weighted by Gasteiger charge is 2.25. The van der Waals surface area contributed by atoms with Gasteiger partial charge in [0.15, 0.2) is 0 Å². The van der Waals surface area contributed by atoms with Crippen molar-refractivity contribution in [3.05, 3.63) is 58.3 Å². The summed E-state index contributed by atoms with van der Waals surface area (Å²) < 4.78 is 42.5. The summed E-state index contributed by atoms with van der Waals surface area (Å²) in [4.78, 5) is 0. The highest BCUT2D eigenvalue weighted by Crippen LogP contribution is 2.27. The molecule has 168 valence electrons. The lowest BCUT2D eigenvalue weighted by Gasteiger charge is -2.27. The van der Waals surface area contributed by atoms with Gasteiger partial charge in [-0.1, -0.05) is 49.6 Å². The lowest BCUT2D eigenvalue weighted by molar-refractivity contribution is 0.303. The molecule has 1 saturated carbocycles. The molecule has 2 heterocycles.